The highest BCUT2D eigenvalue weighted by Gasteiger charge is 2.08. The number of anilines is 1. The topological polar surface area (TPSA) is 3.24 Å². The van der Waals surface area contributed by atoms with E-state index in [4.69, 9.17) is 12.2 Å². The Bertz CT molecular complexity index is 295. The third-order valence-electron chi connectivity index (χ3n) is 1.75. The largest absolute Gasteiger partial charge is 0.330 e. The molecule has 0 aliphatic heterocycles. The van der Waals surface area contributed by atoms with E-state index in [1.807, 2.05) is 30.1 Å². The first-order chi connectivity index (χ1) is 6.61. The summed E-state index contributed by atoms with van der Waals surface area (Å²) in [5.74, 6) is 0. The van der Waals surface area contributed by atoms with Crippen molar-refractivity contribution in [2.75, 3.05) is 11.9 Å². The average Bonchev–Trinajstić information content (AvgIpc) is 2.17. The normalized spacial score (nSPS) is 10.3. The van der Waals surface area contributed by atoms with E-state index in [0.717, 1.165) is 10.0 Å². The molecule has 1 rings (SSSR count). The zero-order valence-corrected chi connectivity index (χ0v) is 10.4. The first kappa shape index (κ1) is 11.5. The molecular weight excluding hydrogens is 210 g/mol. The highest BCUT2D eigenvalue weighted by Crippen LogP contribution is 2.20. The van der Waals surface area contributed by atoms with E-state index in [9.17, 15) is 0 Å². The zero-order chi connectivity index (χ0) is 10.6. The van der Waals surface area contributed by atoms with Gasteiger partial charge in [0.25, 0.3) is 0 Å². The van der Waals surface area contributed by atoms with Gasteiger partial charge in [-0.25, -0.2) is 0 Å². The van der Waals surface area contributed by atoms with Crippen LogP contribution in [0.5, 0.6) is 0 Å². The predicted molar refractivity (Wildman–Crippen MR) is 70.2 cm³/mol. The van der Waals surface area contributed by atoms with Gasteiger partial charge < -0.3 is 4.90 Å². The van der Waals surface area contributed by atoms with Crippen LogP contribution >= 0.6 is 24.0 Å². The lowest BCUT2D eigenvalue weighted by atomic mass is 10.3. The van der Waals surface area contributed by atoms with Gasteiger partial charge in [-0.05, 0) is 12.1 Å². The molecule has 0 aliphatic carbocycles. The lowest BCUT2D eigenvalue weighted by Crippen LogP contribution is -2.22. The van der Waals surface area contributed by atoms with Crippen molar-refractivity contribution < 1.29 is 0 Å². The predicted octanol–water partition coefficient (Wildman–Crippen LogP) is 3.55. The van der Waals surface area contributed by atoms with Crippen LogP contribution in [-0.4, -0.2) is 16.6 Å². The summed E-state index contributed by atoms with van der Waals surface area (Å²) in [6, 6.07) is 10.2. The van der Waals surface area contributed by atoms with Crippen LogP contribution in [0.2, 0.25) is 0 Å². The Kier molecular flexibility index (Phi) is 4.42. The van der Waals surface area contributed by atoms with Crippen molar-refractivity contribution in [3.63, 3.8) is 0 Å². The summed E-state index contributed by atoms with van der Waals surface area (Å²) < 4.78 is 0.922. The van der Waals surface area contributed by atoms with Gasteiger partial charge in [0, 0.05) is 18.0 Å². The van der Waals surface area contributed by atoms with Crippen molar-refractivity contribution in [1.29, 1.82) is 0 Å². The van der Waals surface area contributed by atoms with E-state index in [-0.39, 0.29) is 0 Å². The standard InChI is InChI=1S/C11H15NS2/c1-9(2)14-11(13)12(3)10-7-5-4-6-8-10/h4-9H,1-3H3. The Balaban J connectivity index is 2.66. The summed E-state index contributed by atoms with van der Waals surface area (Å²) in [6.07, 6.45) is 0. The van der Waals surface area contributed by atoms with Crippen molar-refractivity contribution >= 4 is 34.0 Å². The van der Waals surface area contributed by atoms with Crippen molar-refractivity contribution in [1.82, 2.24) is 0 Å². The summed E-state index contributed by atoms with van der Waals surface area (Å²) in [6.45, 7) is 4.30. The number of benzene rings is 1. The van der Waals surface area contributed by atoms with Gasteiger partial charge in [0.2, 0.25) is 0 Å². The van der Waals surface area contributed by atoms with Crippen LogP contribution in [0.15, 0.2) is 30.3 Å². The molecule has 0 saturated heterocycles. The Labute approximate surface area is 95.5 Å². The monoisotopic (exact) mass is 225 g/mol. The highest BCUT2D eigenvalue weighted by molar-refractivity contribution is 8.23. The second-order valence-corrected chi connectivity index (χ2v) is 5.54. The molecule has 0 atom stereocenters. The second kappa shape index (κ2) is 5.37. The lowest BCUT2D eigenvalue weighted by molar-refractivity contribution is 1.12. The third-order valence-corrected chi connectivity index (χ3v) is 3.26. The first-order valence-electron chi connectivity index (χ1n) is 4.60. The van der Waals surface area contributed by atoms with E-state index in [1.54, 1.807) is 11.8 Å². The van der Waals surface area contributed by atoms with Gasteiger partial charge in [-0.1, -0.05) is 56.0 Å². The van der Waals surface area contributed by atoms with Gasteiger partial charge >= 0.3 is 0 Å². The van der Waals surface area contributed by atoms with Gasteiger partial charge in [-0.15, -0.1) is 0 Å². The minimum absolute atomic E-state index is 0.536. The van der Waals surface area contributed by atoms with Gasteiger partial charge in [-0.3, -0.25) is 0 Å². The fourth-order valence-electron chi connectivity index (χ4n) is 1.04. The molecule has 0 amide bonds. The smallest absolute Gasteiger partial charge is 0.140 e. The maximum Gasteiger partial charge on any atom is 0.140 e. The van der Waals surface area contributed by atoms with Gasteiger partial charge in [0.05, 0.1) is 0 Å². The van der Waals surface area contributed by atoms with Crippen LogP contribution in [0.3, 0.4) is 0 Å². The summed E-state index contributed by atoms with van der Waals surface area (Å²) >= 11 is 7.04. The highest BCUT2D eigenvalue weighted by atomic mass is 32.2. The molecule has 0 radical (unpaired) electrons. The Morgan fingerprint density at radius 3 is 2.36 bits per heavy atom. The number of nitrogens with zero attached hydrogens (tertiary/aromatic N) is 1. The Morgan fingerprint density at radius 2 is 1.86 bits per heavy atom. The summed E-state index contributed by atoms with van der Waals surface area (Å²) in [5, 5.41) is 0.536. The van der Waals surface area contributed by atoms with E-state index < -0.39 is 0 Å². The molecule has 76 valence electrons. The fourth-order valence-corrected chi connectivity index (χ4v) is 2.39. The molecule has 0 saturated carbocycles. The van der Waals surface area contributed by atoms with Crippen molar-refractivity contribution in [2.24, 2.45) is 0 Å². The molecule has 0 aliphatic rings. The molecule has 0 spiro atoms. The van der Waals surface area contributed by atoms with Crippen LogP contribution in [0.4, 0.5) is 5.69 Å². The van der Waals surface area contributed by atoms with Gasteiger partial charge in [-0.2, -0.15) is 0 Å². The Morgan fingerprint density at radius 1 is 1.29 bits per heavy atom. The minimum atomic E-state index is 0.536. The number of para-hydroxylation sites is 1. The molecule has 1 aromatic rings. The first-order valence-corrected chi connectivity index (χ1v) is 5.89. The van der Waals surface area contributed by atoms with Crippen LogP contribution in [-0.2, 0) is 0 Å². The summed E-state index contributed by atoms with van der Waals surface area (Å²) in [4.78, 5) is 2.04. The molecule has 3 heteroatoms. The van der Waals surface area contributed by atoms with Crippen molar-refractivity contribution in [2.45, 2.75) is 19.1 Å². The Hall–Kier alpha value is -0.540. The van der Waals surface area contributed by atoms with Crippen molar-refractivity contribution in [3.8, 4) is 0 Å². The fraction of sp³-hybridized carbons (Fsp3) is 0.364. The van der Waals surface area contributed by atoms with Crippen LogP contribution < -0.4 is 4.90 Å². The maximum absolute atomic E-state index is 5.32. The van der Waals surface area contributed by atoms with Crippen LogP contribution in [0.1, 0.15) is 13.8 Å². The summed E-state index contributed by atoms with van der Waals surface area (Å²) in [7, 11) is 2.01. The van der Waals surface area contributed by atoms with Gasteiger partial charge in [0.15, 0.2) is 0 Å². The number of hydrogen-bond acceptors (Lipinski definition) is 2. The van der Waals surface area contributed by atoms with Crippen LogP contribution in [0.25, 0.3) is 0 Å². The zero-order valence-electron chi connectivity index (χ0n) is 8.73. The molecule has 0 aromatic heterocycles. The van der Waals surface area contributed by atoms with Gasteiger partial charge in [0.1, 0.15) is 4.32 Å². The third kappa shape index (κ3) is 3.31. The quantitative estimate of drug-likeness (QED) is 0.709. The number of rotatable bonds is 2. The SMILES string of the molecule is CC(C)SC(=S)N(C)c1ccccc1. The van der Waals surface area contributed by atoms with E-state index in [0.29, 0.717) is 5.25 Å². The lowest BCUT2D eigenvalue weighted by Gasteiger charge is -2.20. The van der Waals surface area contributed by atoms with E-state index in [2.05, 4.69) is 26.0 Å². The maximum atomic E-state index is 5.32. The number of hydrogen-bond donors (Lipinski definition) is 0. The molecule has 0 fully saturated rings. The minimum Gasteiger partial charge on any atom is -0.330 e. The number of thiocarbonyl (C=S) groups is 1. The average molecular weight is 225 g/mol. The van der Waals surface area contributed by atoms with E-state index in [1.165, 1.54) is 0 Å². The molecule has 14 heavy (non-hydrogen) atoms. The molecule has 0 unspecified atom stereocenters. The summed E-state index contributed by atoms with van der Waals surface area (Å²) in [5.41, 5.74) is 1.14. The molecule has 1 aromatic carbocycles. The molecule has 1 nitrogen and oxygen atoms in total. The molecule has 0 bridgehead atoms. The van der Waals surface area contributed by atoms with Crippen LogP contribution in [0, 0.1) is 0 Å². The molecule has 0 heterocycles. The van der Waals surface area contributed by atoms with Crippen molar-refractivity contribution in [3.05, 3.63) is 30.3 Å². The van der Waals surface area contributed by atoms with E-state index >= 15 is 0 Å². The molecular formula is C11H15NS2. The molecule has 0 N–H and O–H groups in total. The second-order valence-electron chi connectivity index (χ2n) is 3.33. The number of thioether (sulfide) groups is 1.